The van der Waals surface area contributed by atoms with E-state index in [9.17, 15) is 13.5 Å². The van der Waals surface area contributed by atoms with Crippen LogP contribution in [0.5, 0.6) is 5.75 Å². The van der Waals surface area contributed by atoms with Gasteiger partial charge < -0.3 is 9.84 Å². The number of sulfone groups is 1. The summed E-state index contributed by atoms with van der Waals surface area (Å²) in [6.45, 7) is 2.68. The summed E-state index contributed by atoms with van der Waals surface area (Å²) in [6, 6.07) is 16.3. The van der Waals surface area contributed by atoms with Crippen LogP contribution in [0.25, 0.3) is 0 Å². The number of rotatable bonds is 8. The number of para-hydroxylation sites is 1. The third kappa shape index (κ3) is 5.85. The van der Waals surface area contributed by atoms with Crippen molar-refractivity contribution in [2.24, 2.45) is 0 Å². The number of benzene rings is 2. The lowest BCUT2D eigenvalue weighted by Gasteiger charge is -2.27. The molecule has 25 heavy (non-hydrogen) atoms. The topological polar surface area (TPSA) is 66.8 Å². The highest BCUT2D eigenvalue weighted by atomic mass is 32.2. The van der Waals surface area contributed by atoms with Crippen molar-refractivity contribution >= 4 is 9.84 Å². The standard InChI is InChI=1S/C19H25NO4S/c1-15(16-9-11-19(12-10-16)25(3,22)23)20(2)13-17(21)14-24-18-7-5-4-6-8-18/h4-12,15,17,21H,13-14H2,1-3H3. The fraction of sp³-hybridized carbons (Fsp3) is 0.368. The molecule has 0 aliphatic carbocycles. The lowest BCUT2D eigenvalue weighted by molar-refractivity contribution is 0.0654. The minimum Gasteiger partial charge on any atom is -0.491 e. The summed E-state index contributed by atoms with van der Waals surface area (Å²) in [5.74, 6) is 0.730. The molecule has 0 aliphatic rings. The van der Waals surface area contributed by atoms with Crippen LogP contribution in [0.15, 0.2) is 59.5 Å². The predicted octanol–water partition coefficient (Wildman–Crippen LogP) is 2.52. The number of ether oxygens (including phenoxy) is 1. The lowest BCUT2D eigenvalue weighted by atomic mass is 10.1. The number of nitrogens with zero attached hydrogens (tertiary/aromatic N) is 1. The van der Waals surface area contributed by atoms with Crippen molar-refractivity contribution in [2.45, 2.75) is 24.0 Å². The smallest absolute Gasteiger partial charge is 0.175 e. The average Bonchev–Trinajstić information content (AvgIpc) is 2.59. The van der Waals surface area contributed by atoms with Gasteiger partial charge in [-0.3, -0.25) is 4.90 Å². The molecular weight excluding hydrogens is 338 g/mol. The summed E-state index contributed by atoms with van der Waals surface area (Å²) in [4.78, 5) is 2.32. The second-order valence-electron chi connectivity index (χ2n) is 6.23. The molecule has 0 radical (unpaired) electrons. The van der Waals surface area contributed by atoms with Crippen molar-refractivity contribution in [1.29, 1.82) is 0 Å². The third-order valence-electron chi connectivity index (χ3n) is 4.14. The molecule has 2 atom stereocenters. The van der Waals surface area contributed by atoms with Crippen LogP contribution in [0.3, 0.4) is 0 Å². The Hall–Kier alpha value is -1.89. The van der Waals surface area contributed by atoms with Crippen LogP contribution in [-0.4, -0.2) is 51.0 Å². The largest absolute Gasteiger partial charge is 0.491 e. The third-order valence-corrected chi connectivity index (χ3v) is 5.26. The van der Waals surface area contributed by atoms with E-state index >= 15 is 0 Å². The molecule has 5 nitrogen and oxygen atoms in total. The number of aliphatic hydroxyl groups is 1. The summed E-state index contributed by atoms with van der Waals surface area (Å²) in [5, 5.41) is 10.2. The van der Waals surface area contributed by atoms with Gasteiger partial charge in [-0.1, -0.05) is 30.3 Å². The van der Waals surface area contributed by atoms with Gasteiger partial charge in [-0.2, -0.15) is 0 Å². The molecule has 2 aromatic carbocycles. The monoisotopic (exact) mass is 363 g/mol. The summed E-state index contributed by atoms with van der Waals surface area (Å²) in [7, 11) is -1.27. The van der Waals surface area contributed by atoms with Gasteiger partial charge >= 0.3 is 0 Å². The predicted molar refractivity (Wildman–Crippen MR) is 98.5 cm³/mol. The van der Waals surface area contributed by atoms with Crippen LogP contribution in [-0.2, 0) is 9.84 Å². The van der Waals surface area contributed by atoms with E-state index < -0.39 is 15.9 Å². The molecule has 2 rings (SSSR count). The molecule has 0 spiro atoms. The molecule has 0 saturated heterocycles. The molecule has 0 amide bonds. The average molecular weight is 363 g/mol. The SMILES string of the molecule is CC(c1ccc(S(C)(=O)=O)cc1)N(C)CC(O)COc1ccccc1. The van der Waals surface area contributed by atoms with Gasteiger partial charge in [0.1, 0.15) is 18.5 Å². The number of hydrogen-bond acceptors (Lipinski definition) is 5. The zero-order valence-electron chi connectivity index (χ0n) is 14.8. The maximum Gasteiger partial charge on any atom is 0.175 e. The van der Waals surface area contributed by atoms with E-state index in [4.69, 9.17) is 4.74 Å². The molecular formula is C19H25NO4S. The maximum atomic E-state index is 11.5. The summed E-state index contributed by atoms with van der Waals surface area (Å²) < 4.78 is 28.6. The summed E-state index contributed by atoms with van der Waals surface area (Å²) in [5.41, 5.74) is 0.992. The number of likely N-dealkylation sites (N-methyl/N-ethyl adjacent to an activating group) is 1. The maximum absolute atomic E-state index is 11.5. The molecule has 0 aromatic heterocycles. The molecule has 0 bridgehead atoms. The fourth-order valence-electron chi connectivity index (χ4n) is 2.50. The van der Waals surface area contributed by atoms with Gasteiger partial charge in [-0.15, -0.1) is 0 Å². The first-order valence-electron chi connectivity index (χ1n) is 8.13. The molecule has 2 unspecified atom stereocenters. The van der Waals surface area contributed by atoms with Crippen LogP contribution >= 0.6 is 0 Å². The summed E-state index contributed by atoms with van der Waals surface area (Å²) in [6.07, 6.45) is 0.573. The highest BCUT2D eigenvalue weighted by Crippen LogP contribution is 2.21. The Kier molecular flexibility index (Phi) is 6.58. The van der Waals surface area contributed by atoms with E-state index in [0.29, 0.717) is 11.4 Å². The van der Waals surface area contributed by atoms with E-state index in [2.05, 4.69) is 0 Å². The van der Waals surface area contributed by atoms with Gasteiger partial charge in [0.25, 0.3) is 0 Å². The van der Waals surface area contributed by atoms with E-state index in [0.717, 1.165) is 11.3 Å². The van der Waals surface area contributed by atoms with Gasteiger partial charge in [-0.05, 0) is 43.8 Å². The number of hydrogen-bond donors (Lipinski definition) is 1. The Balaban J connectivity index is 1.89. The quantitative estimate of drug-likeness (QED) is 0.781. The lowest BCUT2D eigenvalue weighted by Crippen LogP contribution is -2.34. The van der Waals surface area contributed by atoms with E-state index in [1.165, 1.54) is 6.26 Å². The molecule has 2 aromatic rings. The second kappa shape index (κ2) is 8.47. The zero-order valence-corrected chi connectivity index (χ0v) is 15.6. The zero-order chi connectivity index (χ0) is 18.4. The minimum atomic E-state index is -3.19. The highest BCUT2D eigenvalue weighted by Gasteiger charge is 2.17. The molecule has 0 heterocycles. The van der Waals surface area contributed by atoms with Gasteiger partial charge in [0.15, 0.2) is 9.84 Å². The van der Waals surface area contributed by atoms with Crippen LogP contribution in [0.1, 0.15) is 18.5 Å². The molecule has 0 saturated carbocycles. The molecule has 6 heteroatoms. The summed E-state index contributed by atoms with van der Waals surface area (Å²) >= 11 is 0. The van der Waals surface area contributed by atoms with Gasteiger partial charge in [0, 0.05) is 18.8 Å². The Morgan fingerprint density at radius 2 is 1.68 bits per heavy atom. The van der Waals surface area contributed by atoms with Crippen molar-refractivity contribution in [3.63, 3.8) is 0 Å². The Bertz CT molecular complexity index is 760. The van der Waals surface area contributed by atoms with E-state index in [1.807, 2.05) is 61.3 Å². The first-order chi connectivity index (χ1) is 11.8. The van der Waals surface area contributed by atoms with Crippen molar-refractivity contribution in [3.8, 4) is 5.75 Å². The minimum absolute atomic E-state index is 0.0417. The molecule has 0 fully saturated rings. The molecule has 1 N–H and O–H groups in total. The van der Waals surface area contributed by atoms with Crippen molar-refractivity contribution in [1.82, 2.24) is 4.90 Å². The number of aliphatic hydroxyl groups excluding tert-OH is 1. The van der Waals surface area contributed by atoms with Crippen LogP contribution in [0.4, 0.5) is 0 Å². The van der Waals surface area contributed by atoms with Crippen LogP contribution in [0, 0.1) is 0 Å². The fourth-order valence-corrected chi connectivity index (χ4v) is 3.13. The molecule has 136 valence electrons. The molecule has 0 aliphatic heterocycles. The normalized spacial score (nSPS) is 14.3. The highest BCUT2D eigenvalue weighted by molar-refractivity contribution is 7.90. The van der Waals surface area contributed by atoms with Crippen LogP contribution in [0.2, 0.25) is 0 Å². The van der Waals surface area contributed by atoms with Crippen LogP contribution < -0.4 is 4.74 Å². The first-order valence-corrected chi connectivity index (χ1v) is 10.0. The Morgan fingerprint density at radius 3 is 2.24 bits per heavy atom. The Labute approximate surface area is 149 Å². The van der Waals surface area contributed by atoms with Gasteiger partial charge in [-0.25, -0.2) is 8.42 Å². The van der Waals surface area contributed by atoms with Crippen molar-refractivity contribution in [2.75, 3.05) is 26.5 Å². The van der Waals surface area contributed by atoms with Gasteiger partial charge in [0.05, 0.1) is 4.90 Å². The second-order valence-corrected chi connectivity index (χ2v) is 8.25. The van der Waals surface area contributed by atoms with E-state index in [-0.39, 0.29) is 12.6 Å². The van der Waals surface area contributed by atoms with Gasteiger partial charge in [0.2, 0.25) is 0 Å². The first kappa shape index (κ1) is 19.4. The van der Waals surface area contributed by atoms with Crippen molar-refractivity contribution in [3.05, 3.63) is 60.2 Å². The Morgan fingerprint density at radius 1 is 1.08 bits per heavy atom. The van der Waals surface area contributed by atoms with E-state index in [1.54, 1.807) is 12.1 Å². The van der Waals surface area contributed by atoms with Crippen molar-refractivity contribution < 1.29 is 18.3 Å².